The number of aryl methyl sites for hydroxylation is 2. The van der Waals surface area contributed by atoms with Crippen LogP contribution in [-0.2, 0) is 7.05 Å². The minimum atomic E-state index is -0.597. The van der Waals surface area contributed by atoms with E-state index in [9.17, 15) is 9.18 Å². The predicted molar refractivity (Wildman–Crippen MR) is 121 cm³/mol. The standard InChI is InChI=1S/C24H23FN6O2/c1-14-9-18(25)17(10-21(14)31-11-20(26-12-31)15-7-8-15)24(32)28-19-6-4-5-16(22(19)33-3)23-29-27-13-30(23)2/h4-6,9-13,15H,7-8H2,1-3H3,(H,28,32). The van der Waals surface area contributed by atoms with E-state index in [0.29, 0.717) is 40.0 Å². The summed E-state index contributed by atoms with van der Waals surface area (Å²) in [6.07, 6.45) is 7.52. The van der Waals surface area contributed by atoms with Crippen LogP contribution in [0.3, 0.4) is 0 Å². The quantitative estimate of drug-likeness (QED) is 0.478. The highest BCUT2D eigenvalue weighted by molar-refractivity contribution is 6.06. The van der Waals surface area contributed by atoms with Gasteiger partial charge in [-0.05, 0) is 49.6 Å². The van der Waals surface area contributed by atoms with Gasteiger partial charge in [0.15, 0.2) is 11.6 Å². The van der Waals surface area contributed by atoms with Crippen LogP contribution in [0, 0.1) is 12.7 Å². The molecule has 1 amide bonds. The molecule has 2 heterocycles. The lowest BCUT2D eigenvalue weighted by Crippen LogP contribution is -2.16. The number of benzene rings is 2. The summed E-state index contributed by atoms with van der Waals surface area (Å²) in [4.78, 5) is 17.6. The first kappa shape index (κ1) is 20.9. The summed E-state index contributed by atoms with van der Waals surface area (Å²) >= 11 is 0. The van der Waals surface area contributed by atoms with Crippen LogP contribution < -0.4 is 10.1 Å². The topological polar surface area (TPSA) is 86.9 Å². The zero-order valence-corrected chi connectivity index (χ0v) is 18.5. The molecule has 4 aromatic rings. The van der Waals surface area contributed by atoms with Gasteiger partial charge in [-0.1, -0.05) is 6.07 Å². The van der Waals surface area contributed by atoms with Crippen molar-refractivity contribution < 1.29 is 13.9 Å². The van der Waals surface area contributed by atoms with Gasteiger partial charge in [-0.25, -0.2) is 9.37 Å². The third kappa shape index (κ3) is 3.86. The molecular formula is C24H23FN6O2. The second kappa shape index (κ2) is 8.16. The maximum atomic E-state index is 14.8. The first-order valence-corrected chi connectivity index (χ1v) is 10.6. The van der Waals surface area contributed by atoms with E-state index in [-0.39, 0.29) is 5.56 Å². The van der Waals surface area contributed by atoms with Gasteiger partial charge in [0.25, 0.3) is 5.91 Å². The van der Waals surface area contributed by atoms with Gasteiger partial charge in [-0.2, -0.15) is 0 Å². The molecular weight excluding hydrogens is 423 g/mol. The number of nitrogens with zero attached hydrogens (tertiary/aromatic N) is 5. The Hall–Kier alpha value is -4.01. The molecule has 0 saturated heterocycles. The fraction of sp³-hybridized carbons (Fsp3) is 0.250. The Labute approximate surface area is 190 Å². The molecule has 8 nitrogen and oxygen atoms in total. The number of imidazole rings is 1. The molecule has 168 valence electrons. The normalized spacial score (nSPS) is 13.2. The third-order valence-electron chi connectivity index (χ3n) is 5.83. The second-order valence-electron chi connectivity index (χ2n) is 8.20. The number of halogens is 1. The van der Waals surface area contributed by atoms with Crippen molar-refractivity contribution in [1.82, 2.24) is 24.3 Å². The summed E-state index contributed by atoms with van der Waals surface area (Å²) in [7, 11) is 3.32. The van der Waals surface area contributed by atoms with Crippen LogP contribution in [0.4, 0.5) is 10.1 Å². The number of amides is 1. The third-order valence-corrected chi connectivity index (χ3v) is 5.83. The maximum absolute atomic E-state index is 14.8. The van der Waals surface area contributed by atoms with E-state index in [1.54, 1.807) is 35.4 Å². The Morgan fingerprint density at radius 3 is 2.76 bits per heavy atom. The number of nitrogens with one attached hydrogen (secondary N) is 1. The zero-order chi connectivity index (χ0) is 23.1. The number of para-hydroxylation sites is 1. The number of anilines is 1. The largest absolute Gasteiger partial charge is 0.494 e. The number of carbonyl (C=O) groups excluding carboxylic acids is 1. The molecule has 0 bridgehead atoms. The average molecular weight is 446 g/mol. The summed E-state index contributed by atoms with van der Waals surface area (Å²) in [5, 5.41) is 10.8. The predicted octanol–water partition coefficient (Wildman–Crippen LogP) is 4.25. The van der Waals surface area contributed by atoms with Gasteiger partial charge < -0.3 is 19.2 Å². The van der Waals surface area contributed by atoms with E-state index >= 15 is 0 Å². The Kier molecular flexibility index (Phi) is 5.16. The Morgan fingerprint density at radius 2 is 2.06 bits per heavy atom. The SMILES string of the molecule is COc1c(NC(=O)c2cc(-n3cnc(C4CC4)c3)c(C)cc2F)cccc1-c1nncn1C. The first-order valence-electron chi connectivity index (χ1n) is 10.6. The lowest BCUT2D eigenvalue weighted by Gasteiger charge is -2.15. The summed E-state index contributed by atoms with van der Waals surface area (Å²) in [6, 6.07) is 8.20. The van der Waals surface area contributed by atoms with Gasteiger partial charge in [0.05, 0.1) is 41.6 Å². The highest BCUT2D eigenvalue weighted by Crippen LogP contribution is 2.39. The summed E-state index contributed by atoms with van der Waals surface area (Å²) in [5.41, 5.74) is 3.44. The van der Waals surface area contributed by atoms with Crippen LogP contribution in [0.5, 0.6) is 5.75 Å². The molecule has 0 atom stereocenters. The van der Waals surface area contributed by atoms with Crippen LogP contribution in [0.1, 0.15) is 40.4 Å². The van der Waals surface area contributed by atoms with Crippen molar-refractivity contribution in [2.75, 3.05) is 12.4 Å². The molecule has 0 aliphatic heterocycles. The molecule has 33 heavy (non-hydrogen) atoms. The minimum absolute atomic E-state index is 0.0663. The molecule has 1 aliphatic carbocycles. The fourth-order valence-electron chi connectivity index (χ4n) is 3.92. The number of methoxy groups -OCH3 is 1. The summed E-state index contributed by atoms with van der Waals surface area (Å²) < 4.78 is 24.0. The van der Waals surface area contributed by atoms with Gasteiger partial charge >= 0.3 is 0 Å². The average Bonchev–Trinajstić information content (AvgIpc) is 3.37. The van der Waals surface area contributed by atoms with Gasteiger partial charge in [0, 0.05) is 19.2 Å². The molecule has 0 unspecified atom stereocenters. The zero-order valence-electron chi connectivity index (χ0n) is 18.5. The van der Waals surface area contributed by atoms with Crippen LogP contribution >= 0.6 is 0 Å². The Morgan fingerprint density at radius 1 is 1.24 bits per heavy atom. The highest BCUT2D eigenvalue weighted by atomic mass is 19.1. The number of hydrogen-bond acceptors (Lipinski definition) is 5. The lowest BCUT2D eigenvalue weighted by molar-refractivity contribution is 0.102. The molecule has 1 saturated carbocycles. The molecule has 1 N–H and O–H groups in total. The van der Waals surface area contributed by atoms with Crippen LogP contribution in [0.15, 0.2) is 49.2 Å². The van der Waals surface area contributed by atoms with Crippen LogP contribution in [-0.4, -0.2) is 37.3 Å². The molecule has 0 spiro atoms. The van der Waals surface area contributed by atoms with Crippen molar-refractivity contribution in [2.24, 2.45) is 7.05 Å². The minimum Gasteiger partial charge on any atom is -0.494 e. The molecule has 1 fully saturated rings. The molecule has 2 aromatic carbocycles. The van der Waals surface area contributed by atoms with Crippen molar-refractivity contribution in [1.29, 1.82) is 0 Å². The highest BCUT2D eigenvalue weighted by Gasteiger charge is 2.26. The Bertz CT molecular complexity index is 1350. The number of hydrogen-bond donors (Lipinski definition) is 1. The van der Waals surface area contributed by atoms with Crippen molar-refractivity contribution in [3.8, 4) is 22.8 Å². The first-order chi connectivity index (χ1) is 16.0. The molecule has 9 heteroatoms. The molecule has 1 aliphatic rings. The molecule has 0 radical (unpaired) electrons. The van der Waals surface area contributed by atoms with E-state index in [1.807, 2.05) is 30.8 Å². The van der Waals surface area contributed by atoms with E-state index in [2.05, 4.69) is 20.5 Å². The van der Waals surface area contributed by atoms with Gasteiger partial charge in [-0.3, -0.25) is 4.79 Å². The number of ether oxygens (including phenoxy) is 1. The van der Waals surface area contributed by atoms with E-state index in [0.717, 1.165) is 18.5 Å². The van der Waals surface area contributed by atoms with Crippen LogP contribution in [0.25, 0.3) is 17.1 Å². The van der Waals surface area contributed by atoms with Crippen molar-refractivity contribution in [3.63, 3.8) is 0 Å². The van der Waals surface area contributed by atoms with Crippen molar-refractivity contribution in [3.05, 3.63) is 71.8 Å². The van der Waals surface area contributed by atoms with E-state index in [4.69, 9.17) is 4.74 Å². The number of rotatable bonds is 6. The fourth-order valence-corrected chi connectivity index (χ4v) is 3.92. The number of aromatic nitrogens is 5. The van der Waals surface area contributed by atoms with Gasteiger partial charge in [0.2, 0.25) is 0 Å². The number of carbonyl (C=O) groups is 1. The molecule has 5 rings (SSSR count). The lowest BCUT2D eigenvalue weighted by atomic mass is 10.1. The maximum Gasteiger partial charge on any atom is 0.258 e. The monoisotopic (exact) mass is 446 g/mol. The smallest absolute Gasteiger partial charge is 0.258 e. The van der Waals surface area contributed by atoms with Crippen molar-refractivity contribution in [2.45, 2.75) is 25.7 Å². The van der Waals surface area contributed by atoms with E-state index in [1.165, 1.54) is 13.2 Å². The summed E-state index contributed by atoms with van der Waals surface area (Å²) in [5.74, 6) is 0.324. The van der Waals surface area contributed by atoms with Gasteiger partial charge in [0.1, 0.15) is 12.1 Å². The second-order valence-corrected chi connectivity index (χ2v) is 8.20. The molecule has 2 aromatic heterocycles. The van der Waals surface area contributed by atoms with Gasteiger partial charge in [-0.15, -0.1) is 10.2 Å². The summed E-state index contributed by atoms with van der Waals surface area (Å²) in [6.45, 7) is 1.81. The Balaban J connectivity index is 1.48. The van der Waals surface area contributed by atoms with E-state index < -0.39 is 11.7 Å². The van der Waals surface area contributed by atoms with Crippen LogP contribution in [0.2, 0.25) is 0 Å². The van der Waals surface area contributed by atoms with Crippen molar-refractivity contribution >= 4 is 11.6 Å².